The standard InChI is InChI=1S/C26H32N6O8/c27-17(12-21(28)34)23(36)30-18(10-15-6-8-16(33)9-7-15)24(37)31-19(13-22(29)35)25(38)32-20(26(39)40)11-14-4-2-1-3-5-14/h1-9,17-20,33H,10-13,27H2,(H2,28,34)(H2,29,35)(H,30,36)(H,31,37)(H,32,38)(H,39,40). The zero-order chi connectivity index (χ0) is 29.8. The Hall–Kier alpha value is -4.98. The summed E-state index contributed by atoms with van der Waals surface area (Å²) in [7, 11) is 0. The van der Waals surface area contributed by atoms with Gasteiger partial charge >= 0.3 is 5.97 Å². The summed E-state index contributed by atoms with van der Waals surface area (Å²) in [5.74, 6) is -6.00. The lowest BCUT2D eigenvalue weighted by Crippen LogP contribution is -2.58. The van der Waals surface area contributed by atoms with Crippen molar-refractivity contribution in [3.05, 3.63) is 65.7 Å². The van der Waals surface area contributed by atoms with Crippen LogP contribution in [0.25, 0.3) is 0 Å². The summed E-state index contributed by atoms with van der Waals surface area (Å²) in [5.41, 5.74) is 17.1. The molecule has 4 atom stereocenters. The van der Waals surface area contributed by atoms with E-state index in [1.165, 1.54) is 24.3 Å². The molecule has 11 N–H and O–H groups in total. The predicted octanol–water partition coefficient (Wildman–Crippen LogP) is -2.21. The van der Waals surface area contributed by atoms with Gasteiger partial charge in [-0.1, -0.05) is 42.5 Å². The average molecular weight is 557 g/mol. The molecule has 5 amide bonds. The molecule has 214 valence electrons. The van der Waals surface area contributed by atoms with E-state index in [1.807, 2.05) is 0 Å². The van der Waals surface area contributed by atoms with Gasteiger partial charge in [-0.25, -0.2) is 4.79 Å². The van der Waals surface area contributed by atoms with Crippen molar-refractivity contribution in [2.45, 2.75) is 49.9 Å². The van der Waals surface area contributed by atoms with Gasteiger partial charge in [0.1, 0.15) is 23.9 Å². The molecule has 2 aromatic rings. The number of hydrogen-bond acceptors (Lipinski definition) is 8. The topological polar surface area (TPSA) is 257 Å². The van der Waals surface area contributed by atoms with Gasteiger partial charge in [0, 0.05) is 12.8 Å². The number of carboxylic acids is 1. The first-order valence-electron chi connectivity index (χ1n) is 12.1. The van der Waals surface area contributed by atoms with E-state index >= 15 is 0 Å². The maximum absolute atomic E-state index is 13.2. The number of phenols is 1. The maximum atomic E-state index is 13.2. The molecule has 0 saturated heterocycles. The van der Waals surface area contributed by atoms with E-state index < -0.39 is 72.5 Å². The molecule has 4 unspecified atom stereocenters. The van der Waals surface area contributed by atoms with Gasteiger partial charge in [0.15, 0.2) is 0 Å². The molecule has 0 heterocycles. The third-order valence-corrected chi connectivity index (χ3v) is 5.70. The Morgan fingerprint density at radius 1 is 0.650 bits per heavy atom. The molecule has 0 aliphatic rings. The second-order valence-electron chi connectivity index (χ2n) is 9.03. The molecule has 0 spiro atoms. The fraction of sp³-hybridized carbons (Fsp3) is 0.308. The summed E-state index contributed by atoms with van der Waals surface area (Å²) in [6.07, 6.45) is -1.38. The Kier molecular flexibility index (Phi) is 11.6. The molecule has 0 aromatic heterocycles. The zero-order valence-electron chi connectivity index (χ0n) is 21.4. The number of nitrogens with two attached hydrogens (primary N) is 3. The maximum Gasteiger partial charge on any atom is 0.326 e. The number of aromatic hydroxyl groups is 1. The molecule has 0 bridgehead atoms. The highest BCUT2D eigenvalue weighted by atomic mass is 16.4. The lowest BCUT2D eigenvalue weighted by molar-refractivity contribution is -0.142. The van der Waals surface area contributed by atoms with E-state index in [4.69, 9.17) is 17.2 Å². The fourth-order valence-electron chi connectivity index (χ4n) is 3.67. The highest BCUT2D eigenvalue weighted by molar-refractivity contribution is 5.96. The van der Waals surface area contributed by atoms with Crippen molar-refractivity contribution in [2.75, 3.05) is 0 Å². The highest BCUT2D eigenvalue weighted by Gasteiger charge is 2.31. The number of carbonyl (C=O) groups excluding carboxylic acids is 5. The smallest absolute Gasteiger partial charge is 0.326 e. The summed E-state index contributed by atoms with van der Waals surface area (Å²) in [5, 5.41) is 26.2. The number of aliphatic carboxylic acids is 1. The molecule has 14 nitrogen and oxygen atoms in total. The third-order valence-electron chi connectivity index (χ3n) is 5.70. The predicted molar refractivity (Wildman–Crippen MR) is 141 cm³/mol. The fourth-order valence-corrected chi connectivity index (χ4v) is 3.67. The monoisotopic (exact) mass is 556 g/mol. The Morgan fingerprint density at radius 3 is 1.68 bits per heavy atom. The average Bonchev–Trinajstić information content (AvgIpc) is 2.88. The zero-order valence-corrected chi connectivity index (χ0v) is 21.4. The normalized spacial score (nSPS) is 13.6. The Bertz CT molecular complexity index is 1220. The number of benzene rings is 2. The van der Waals surface area contributed by atoms with Gasteiger partial charge in [-0.2, -0.15) is 0 Å². The minimum atomic E-state index is -1.58. The van der Waals surface area contributed by atoms with Crippen molar-refractivity contribution in [3.63, 3.8) is 0 Å². The number of carboxylic acid groups (broad SMARTS) is 1. The van der Waals surface area contributed by atoms with E-state index in [-0.39, 0.29) is 18.6 Å². The van der Waals surface area contributed by atoms with Crippen LogP contribution in [0, 0.1) is 0 Å². The number of nitrogens with one attached hydrogen (secondary N) is 3. The van der Waals surface area contributed by atoms with Crippen molar-refractivity contribution in [2.24, 2.45) is 17.2 Å². The highest BCUT2D eigenvalue weighted by Crippen LogP contribution is 2.12. The van der Waals surface area contributed by atoms with Crippen molar-refractivity contribution in [3.8, 4) is 5.75 Å². The summed E-state index contributed by atoms with van der Waals surface area (Å²) >= 11 is 0. The number of phenolic OH excluding ortho intramolecular Hbond substituents is 1. The van der Waals surface area contributed by atoms with Gasteiger partial charge in [0.05, 0.1) is 18.9 Å². The molecule has 2 aromatic carbocycles. The van der Waals surface area contributed by atoms with Gasteiger partial charge < -0.3 is 43.4 Å². The van der Waals surface area contributed by atoms with E-state index in [0.29, 0.717) is 11.1 Å². The molecule has 0 fully saturated rings. The number of hydrogen-bond donors (Lipinski definition) is 8. The van der Waals surface area contributed by atoms with Crippen LogP contribution in [0.2, 0.25) is 0 Å². The molecule has 40 heavy (non-hydrogen) atoms. The van der Waals surface area contributed by atoms with Crippen molar-refractivity contribution in [1.82, 2.24) is 16.0 Å². The molecular weight excluding hydrogens is 524 g/mol. The summed E-state index contributed by atoms with van der Waals surface area (Å²) in [6, 6.07) is 8.46. The van der Waals surface area contributed by atoms with Crippen molar-refractivity contribution < 1.29 is 39.0 Å². The van der Waals surface area contributed by atoms with Gasteiger partial charge in [0.25, 0.3) is 0 Å². The Labute approximate surface area is 229 Å². The second-order valence-corrected chi connectivity index (χ2v) is 9.03. The van der Waals surface area contributed by atoms with Crippen LogP contribution >= 0.6 is 0 Å². The summed E-state index contributed by atoms with van der Waals surface area (Å²) < 4.78 is 0. The molecule has 14 heteroatoms. The molecule has 0 radical (unpaired) electrons. The van der Waals surface area contributed by atoms with Gasteiger partial charge in [-0.05, 0) is 23.3 Å². The van der Waals surface area contributed by atoms with Crippen LogP contribution in [0.3, 0.4) is 0 Å². The van der Waals surface area contributed by atoms with Crippen LogP contribution in [0.1, 0.15) is 24.0 Å². The van der Waals surface area contributed by atoms with Crippen molar-refractivity contribution >= 4 is 35.5 Å². The number of carbonyl (C=O) groups is 6. The van der Waals surface area contributed by atoms with Crippen LogP contribution in [0.5, 0.6) is 5.75 Å². The van der Waals surface area contributed by atoms with E-state index in [0.717, 1.165) is 0 Å². The minimum Gasteiger partial charge on any atom is -0.508 e. The number of primary amides is 2. The van der Waals surface area contributed by atoms with Crippen molar-refractivity contribution in [1.29, 1.82) is 0 Å². The largest absolute Gasteiger partial charge is 0.508 e. The van der Waals surface area contributed by atoms with Gasteiger partial charge in [-0.3, -0.25) is 24.0 Å². The van der Waals surface area contributed by atoms with Gasteiger partial charge in [-0.15, -0.1) is 0 Å². The lowest BCUT2D eigenvalue weighted by Gasteiger charge is -2.25. The first-order valence-corrected chi connectivity index (χ1v) is 12.1. The molecule has 0 aliphatic heterocycles. The molecular formula is C26H32N6O8. The van der Waals surface area contributed by atoms with E-state index in [2.05, 4.69) is 16.0 Å². The van der Waals surface area contributed by atoms with E-state index in [9.17, 15) is 39.0 Å². The van der Waals surface area contributed by atoms with E-state index in [1.54, 1.807) is 30.3 Å². The molecule has 0 aliphatic carbocycles. The first-order chi connectivity index (χ1) is 18.8. The molecule has 0 saturated carbocycles. The van der Waals surface area contributed by atoms with Crippen LogP contribution in [0.15, 0.2) is 54.6 Å². The third kappa shape index (κ3) is 10.4. The summed E-state index contributed by atoms with van der Waals surface area (Å²) in [4.78, 5) is 73.4. The van der Waals surface area contributed by atoms with Crippen LogP contribution in [-0.4, -0.2) is 69.9 Å². The SMILES string of the molecule is NC(=O)CC(N)C(=O)NC(Cc1ccc(O)cc1)C(=O)NC(CC(N)=O)C(=O)NC(Cc1ccccc1)C(=O)O. The van der Waals surface area contributed by atoms with Gasteiger partial charge in [0.2, 0.25) is 29.5 Å². The lowest BCUT2D eigenvalue weighted by atomic mass is 10.0. The Balaban J connectivity index is 2.24. The summed E-state index contributed by atoms with van der Waals surface area (Å²) in [6.45, 7) is 0. The molecule has 2 rings (SSSR count). The number of rotatable bonds is 15. The van der Waals surface area contributed by atoms with Crippen LogP contribution in [0.4, 0.5) is 0 Å². The quantitative estimate of drug-likeness (QED) is 0.118. The Morgan fingerprint density at radius 2 is 1.12 bits per heavy atom. The second kappa shape index (κ2) is 14.8. The first kappa shape index (κ1) is 31.2. The van der Waals surface area contributed by atoms with Crippen LogP contribution < -0.4 is 33.2 Å². The van der Waals surface area contributed by atoms with Crippen LogP contribution in [-0.2, 0) is 41.6 Å². The minimum absolute atomic E-state index is 0.0426. The number of amides is 5.